The zero-order chi connectivity index (χ0) is 14.0. The maximum Gasteiger partial charge on any atom is 0.336 e. The highest BCUT2D eigenvalue weighted by Crippen LogP contribution is 2.26. The van der Waals surface area contributed by atoms with Crippen molar-refractivity contribution >= 4 is 27.8 Å². The smallest absolute Gasteiger partial charge is 0.336 e. The van der Waals surface area contributed by atoms with Crippen molar-refractivity contribution in [3.8, 4) is 5.75 Å². The number of amides is 1. The van der Waals surface area contributed by atoms with Crippen molar-refractivity contribution in [1.29, 1.82) is 0 Å². The molecule has 1 saturated carbocycles. The van der Waals surface area contributed by atoms with E-state index in [0.29, 0.717) is 16.3 Å². The summed E-state index contributed by atoms with van der Waals surface area (Å²) in [5, 5.41) is 8.98. The molecule has 0 atom stereocenters. The van der Waals surface area contributed by atoms with E-state index in [2.05, 4.69) is 15.9 Å². The number of halogens is 1. The minimum atomic E-state index is -1.04. The number of carboxylic acids is 1. The topological polar surface area (TPSA) is 66.8 Å². The molecule has 1 amide bonds. The van der Waals surface area contributed by atoms with Gasteiger partial charge in [0.15, 0.2) is 6.61 Å². The van der Waals surface area contributed by atoms with Crippen LogP contribution in [0.15, 0.2) is 22.7 Å². The first-order valence-electron chi connectivity index (χ1n) is 5.90. The van der Waals surface area contributed by atoms with E-state index in [1.54, 1.807) is 24.1 Å². The number of carboxylic acid groups (broad SMARTS) is 1. The monoisotopic (exact) mass is 327 g/mol. The highest BCUT2D eigenvalue weighted by molar-refractivity contribution is 9.10. The maximum absolute atomic E-state index is 11.8. The van der Waals surface area contributed by atoms with E-state index in [9.17, 15) is 9.59 Å². The molecule has 0 saturated heterocycles. The standard InChI is InChI=1S/C13H14BrNO4/c1-15(8-2-3-8)12(16)7-19-9-4-5-11(14)10(6-9)13(17)18/h4-6,8H,2-3,7H2,1H3,(H,17,18). The molecule has 0 radical (unpaired) electrons. The predicted octanol–water partition coefficient (Wildman–Crippen LogP) is 2.15. The Hall–Kier alpha value is -1.56. The van der Waals surface area contributed by atoms with Gasteiger partial charge in [0.05, 0.1) is 5.56 Å². The van der Waals surface area contributed by atoms with Crippen LogP contribution in [0.3, 0.4) is 0 Å². The van der Waals surface area contributed by atoms with Crippen LogP contribution in [0.2, 0.25) is 0 Å². The third kappa shape index (κ3) is 3.47. The number of hydrogen-bond donors (Lipinski definition) is 1. The first-order chi connectivity index (χ1) is 8.99. The molecule has 1 fully saturated rings. The van der Waals surface area contributed by atoms with Crippen molar-refractivity contribution in [2.24, 2.45) is 0 Å². The number of carbonyl (C=O) groups excluding carboxylic acids is 1. The third-order valence-corrected chi connectivity index (χ3v) is 3.71. The van der Waals surface area contributed by atoms with Crippen molar-refractivity contribution < 1.29 is 19.4 Å². The van der Waals surface area contributed by atoms with Gasteiger partial charge in [-0.15, -0.1) is 0 Å². The Morgan fingerprint density at radius 3 is 2.74 bits per heavy atom. The molecule has 0 spiro atoms. The number of likely N-dealkylation sites (N-methyl/N-ethyl adjacent to an activating group) is 1. The highest BCUT2D eigenvalue weighted by atomic mass is 79.9. The van der Waals surface area contributed by atoms with E-state index < -0.39 is 5.97 Å². The number of carbonyl (C=O) groups is 2. The summed E-state index contributed by atoms with van der Waals surface area (Å²) in [6.45, 7) is -0.0757. The van der Waals surface area contributed by atoms with Gasteiger partial charge in [-0.3, -0.25) is 4.79 Å². The van der Waals surface area contributed by atoms with E-state index in [1.807, 2.05) is 0 Å². The molecular weight excluding hydrogens is 314 g/mol. The number of aromatic carboxylic acids is 1. The van der Waals surface area contributed by atoms with Gasteiger partial charge in [-0.25, -0.2) is 4.79 Å². The van der Waals surface area contributed by atoms with Crippen molar-refractivity contribution in [1.82, 2.24) is 4.90 Å². The van der Waals surface area contributed by atoms with E-state index in [-0.39, 0.29) is 18.1 Å². The summed E-state index contributed by atoms with van der Waals surface area (Å²) in [6, 6.07) is 4.96. The number of nitrogens with zero attached hydrogens (tertiary/aromatic N) is 1. The molecule has 2 rings (SSSR count). The Kier molecular flexibility index (Phi) is 4.09. The van der Waals surface area contributed by atoms with Gasteiger partial charge in [0.1, 0.15) is 5.75 Å². The first-order valence-corrected chi connectivity index (χ1v) is 6.69. The van der Waals surface area contributed by atoms with Crippen LogP contribution in [0.25, 0.3) is 0 Å². The van der Waals surface area contributed by atoms with Gasteiger partial charge >= 0.3 is 5.97 Å². The van der Waals surface area contributed by atoms with Crippen LogP contribution in [0.5, 0.6) is 5.75 Å². The fourth-order valence-corrected chi connectivity index (χ4v) is 2.09. The number of hydrogen-bond acceptors (Lipinski definition) is 3. The summed E-state index contributed by atoms with van der Waals surface area (Å²) in [6.07, 6.45) is 2.09. The summed E-state index contributed by atoms with van der Waals surface area (Å²) in [5.74, 6) is -0.765. The predicted molar refractivity (Wildman–Crippen MR) is 72.4 cm³/mol. The third-order valence-electron chi connectivity index (χ3n) is 3.02. The van der Waals surface area contributed by atoms with Crippen LogP contribution in [-0.2, 0) is 4.79 Å². The summed E-state index contributed by atoms with van der Waals surface area (Å²) < 4.78 is 5.82. The molecule has 0 heterocycles. The number of ether oxygens (including phenoxy) is 1. The molecule has 1 aromatic carbocycles. The molecule has 1 aliphatic rings. The van der Waals surface area contributed by atoms with Crippen LogP contribution >= 0.6 is 15.9 Å². The largest absolute Gasteiger partial charge is 0.484 e. The lowest BCUT2D eigenvalue weighted by atomic mass is 10.2. The van der Waals surface area contributed by atoms with Crippen LogP contribution in [-0.4, -0.2) is 41.6 Å². The number of rotatable bonds is 5. The van der Waals surface area contributed by atoms with Gasteiger partial charge in [-0.1, -0.05) is 0 Å². The Balaban J connectivity index is 1.97. The zero-order valence-electron chi connectivity index (χ0n) is 10.4. The van der Waals surface area contributed by atoms with Crippen LogP contribution in [0.1, 0.15) is 23.2 Å². The summed E-state index contributed by atoms with van der Waals surface area (Å²) in [7, 11) is 1.76. The lowest BCUT2D eigenvalue weighted by Gasteiger charge is -2.16. The fraction of sp³-hybridized carbons (Fsp3) is 0.385. The molecule has 0 bridgehead atoms. The van der Waals surface area contributed by atoms with E-state index in [0.717, 1.165) is 12.8 Å². The molecule has 1 aliphatic carbocycles. The summed E-state index contributed by atoms with van der Waals surface area (Å²) in [5.41, 5.74) is 0.112. The SMILES string of the molecule is CN(C(=O)COc1ccc(Br)c(C(=O)O)c1)C1CC1. The van der Waals surface area contributed by atoms with Gasteiger partial charge in [-0.2, -0.15) is 0 Å². The molecule has 1 aromatic rings. The van der Waals surface area contributed by atoms with Gasteiger partial charge in [-0.05, 0) is 47.0 Å². The number of benzene rings is 1. The van der Waals surface area contributed by atoms with Crippen molar-refractivity contribution in [3.63, 3.8) is 0 Å². The maximum atomic E-state index is 11.8. The Morgan fingerprint density at radius 1 is 1.47 bits per heavy atom. The second kappa shape index (κ2) is 5.61. The molecular formula is C13H14BrNO4. The first kappa shape index (κ1) is 13.9. The molecule has 1 N–H and O–H groups in total. The van der Waals surface area contributed by atoms with Crippen molar-refractivity contribution in [2.45, 2.75) is 18.9 Å². The van der Waals surface area contributed by atoms with Crippen LogP contribution in [0, 0.1) is 0 Å². The minimum Gasteiger partial charge on any atom is -0.484 e. The molecule has 102 valence electrons. The van der Waals surface area contributed by atoms with Crippen molar-refractivity contribution in [3.05, 3.63) is 28.2 Å². The normalized spacial score (nSPS) is 14.0. The van der Waals surface area contributed by atoms with Crippen LogP contribution in [0.4, 0.5) is 0 Å². The minimum absolute atomic E-state index is 0.0757. The molecule has 0 aromatic heterocycles. The zero-order valence-corrected chi connectivity index (χ0v) is 12.0. The summed E-state index contributed by atoms with van der Waals surface area (Å²) in [4.78, 5) is 24.4. The second-order valence-corrected chi connectivity index (χ2v) is 5.33. The van der Waals surface area contributed by atoms with Gasteiger partial charge in [0.2, 0.25) is 0 Å². The molecule has 0 unspecified atom stereocenters. The molecule has 6 heteroatoms. The Labute approximate surface area is 119 Å². The lowest BCUT2D eigenvalue weighted by Crippen LogP contribution is -2.33. The highest BCUT2D eigenvalue weighted by Gasteiger charge is 2.29. The molecule has 0 aliphatic heterocycles. The van der Waals surface area contributed by atoms with Gasteiger partial charge in [0.25, 0.3) is 5.91 Å². The van der Waals surface area contributed by atoms with Crippen molar-refractivity contribution in [2.75, 3.05) is 13.7 Å². The van der Waals surface area contributed by atoms with E-state index in [1.165, 1.54) is 6.07 Å². The quantitative estimate of drug-likeness (QED) is 0.899. The Bertz CT molecular complexity index is 513. The van der Waals surface area contributed by atoms with E-state index in [4.69, 9.17) is 9.84 Å². The molecule has 19 heavy (non-hydrogen) atoms. The Morgan fingerprint density at radius 2 is 2.16 bits per heavy atom. The second-order valence-electron chi connectivity index (χ2n) is 4.47. The fourth-order valence-electron chi connectivity index (χ4n) is 1.67. The average Bonchev–Trinajstić information content (AvgIpc) is 3.20. The summed E-state index contributed by atoms with van der Waals surface area (Å²) >= 11 is 3.15. The average molecular weight is 328 g/mol. The van der Waals surface area contributed by atoms with Crippen LogP contribution < -0.4 is 4.74 Å². The molecule has 5 nitrogen and oxygen atoms in total. The van der Waals surface area contributed by atoms with Gasteiger partial charge < -0.3 is 14.7 Å². The lowest BCUT2D eigenvalue weighted by molar-refractivity contribution is -0.132. The van der Waals surface area contributed by atoms with Gasteiger partial charge in [0, 0.05) is 17.6 Å². The van der Waals surface area contributed by atoms with E-state index >= 15 is 0 Å².